The third kappa shape index (κ3) is 6.71. The van der Waals surface area contributed by atoms with Crippen molar-refractivity contribution in [1.29, 1.82) is 0 Å². The van der Waals surface area contributed by atoms with Crippen molar-refractivity contribution in [2.45, 2.75) is 44.9 Å². The molecule has 1 heterocycles. The summed E-state index contributed by atoms with van der Waals surface area (Å²) in [5, 5.41) is 5.55. The Balaban J connectivity index is 1.75. The van der Waals surface area contributed by atoms with Crippen LogP contribution in [-0.2, 0) is 23.9 Å². The predicted molar refractivity (Wildman–Crippen MR) is 131 cm³/mol. The molecule has 0 radical (unpaired) electrons. The lowest BCUT2D eigenvalue weighted by Gasteiger charge is -2.30. The summed E-state index contributed by atoms with van der Waals surface area (Å²) in [5.74, 6) is -0.668. The summed E-state index contributed by atoms with van der Waals surface area (Å²) in [6, 6.07) is 11.9. The Morgan fingerprint density at radius 2 is 1.67 bits per heavy atom. The molecule has 192 valence electrons. The van der Waals surface area contributed by atoms with Crippen molar-refractivity contribution in [2.75, 3.05) is 24.3 Å². The highest BCUT2D eigenvalue weighted by Crippen LogP contribution is 2.34. The number of hydrogen-bond acceptors (Lipinski definition) is 5. The monoisotopic (exact) mass is 503 g/mol. The summed E-state index contributed by atoms with van der Waals surface area (Å²) in [7, 11) is 3.24. The first-order valence-corrected chi connectivity index (χ1v) is 11.6. The van der Waals surface area contributed by atoms with Crippen LogP contribution in [-0.4, -0.2) is 30.0 Å². The molecule has 0 aliphatic carbocycles. The lowest BCUT2D eigenvalue weighted by molar-refractivity contribution is -0.137. The fraction of sp³-hybridized carbons (Fsp3) is 0.346. The topological polar surface area (TPSA) is 70.2 Å². The Kier molecular flexibility index (Phi) is 8.84. The minimum atomic E-state index is -4.42. The Morgan fingerprint density at radius 3 is 2.25 bits per heavy atom. The maximum Gasteiger partial charge on any atom is 0.416 e. The lowest BCUT2D eigenvalue weighted by Crippen LogP contribution is -2.26. The Hall–Kier alpha value is -3.69. The molecule has 0 bridgehead atoms. The maximum atomic E-state index is 15.4. The smallest absolute Gasteiger partial charge is 0.363 e. The van der Waals surface area contributed by atoms with Crippen LogP contribution in [0.5, 0.6) is 0 Å². The van der Waals surface area contributed by atoms with E-state index in [2.05, 4.69) is 20.6 Å². The number of hydrogen-bond donors (Lipinski definition) is 2. The molecule has 0 aliphatic rings. The average molecular weight is 504 g/mol. The number of nitrogens with zero attached hydrogens (tertiary/aromatic N) is 3. The highest BCUT2D eigenvalue weighted by Gasteiger charge is 2.31. The Bertz CT molecular complexity index is 1150. The summed E-state index contributed by atoms with van der Waals surface area (Å²) >= 11 is 0. The number of aromatic nitrogens is 2. The van der Waals surface area contributed by atoms with Crippen LogP contribution in [0, 0.1) is 5.82 Å². The number of rotatable bonds is 10. The second-order valence-corrected chi connectivity index (χ2v) is 8.42. The van der Waals surface area contributed by atoms with Crippen LogP contribution in [0.4, 0.5) is 29.2 Å². The molecule has 1 aromatic heterocycles. The molecular formula is C26H29F4N5O. The number of anilines is 2. The van der Waals surface area contributed by atoms with Gasteiger partial charge < -0.3 is 15.5 Å². The average Bonchev–Trinajstić information content (AvgIpc) is 2.86. The number of likely N-dealkylation sites (N-methyl/N-ethyl adjacent to an activating group) is 1. The molecule has 1 amide bonds. The first-order valence-electron chi connectivity index (χ1n) is 11.6. The number of amides is 1. The van der Waals surface area contributed by atoms with Gasteiger partial charge in [0.05, 0.1) is 18.0 Å². The fourth-order valence-electron chi connectivity index (χ4n) is 3.86. The second kappa shape index (κ2) is 11.8. The van der Waals surface area contributed by atoms with Gasteiger partial charge in [0.2, 0.25) is 11.7 Å². The van der Waals surface area contributed by atoms with Crippen LogP contribution in [0.3, 0.4) is 0 Å². The molecule has 6 nitrogen and oxygen atoms in total. The zero-order chi connectivity index (χ0) is 26.3. The van der Waals surface area contributed by atoms with E-state index in [1.54, 1.807) is 19.0 Å². The normalized spacial score (nSPS) is 12.2. The molecule has 1 atom stereocenters. The molecule has 36 heavy (non-hydrogen) atoms. The zero-order valence-electron chi connectivity index (χ0n) is 20.4. The number of alkyl halides is 3. The summed E-state index contributed by atoms with van der Waals surface area (Å²) in [5.41, 5.74) is 1.64. The van der Waals surface area contributed by atoms with E-state index in [1.165, 1.54) is 18.5 Å². The Morgan fingerprint density at radius 1 is 1.03 bits per heavy atom. The van der Waals surface area contributed by atoms with E-state index in [4.69, 9.17) is 0 Å². The van der Waals surface area contributed by atoms with E-state index in [0.29, 0.717) is 18.5 Å². The van der Waals surface area contributed by atoms with Crippen molar-refractivity contribution in [1.82, 2.24) is 15.3 Å². The summed E-state index contributed by atoms with van der Waals surface area (Å²) in [6.07, 6.45) is -1.56. The van der Waals surface area contributed by atoms with Gasteiger partial charge in [0.1, 0.15) is 6.33 Å². The molecule has 10 heteroatoms. The van der Waals surface area contributed by atoms with Gasteiger partial charge in [-0.05, 0) is 35.2 Å². The van der Waals surface area contributed by atoms with Gasteiger partial charge in [-0.15, -0.1) is 0 Å². The lowest BCUT2D eigenvalue weighted by atomic mass is 9.99. The number of carbonyl (C=O) groups is 1. The number of carbonyl (C=O) groups excluding carboxylic acids is 1. The van der Waals surface area contributed by atoms with E-state index in [9.17, 15) is 18.0 Å². The van der Waals surface area contributed by atoms with Crippen LogP contribution in [0.2, 0.25) is 0 Å². The Labute approximate surface area is 207 Å². The van der Waals surface area contributed by atoms with Gasteiger partial charge in [0.15, 0.2) is 11.6 Å². The fourth-order valence-corrected chi connectivity index (χ4v) is 3.86. The largest absolute Gasteiger partial charge is 0.416 e. The predicted octanol–water partition coefficient (Wildman–Crippen LogP) is 5.51. The van der Waals surface area contributed by atoms with Crippen molar-refractivity contribution < 1.29 is 22.4 Å². The molecule has 0 saturated heterocycles. The summed E-state index contributed by atoms with van der Waals surface area (Å²) < 4.78 is 54.3. The van der Waals surface area contributed by atoms with Gasteiger partial charge >= 0.3 is 6.18 Å². The summed E-state index contributed by atoms with van der Waals surface area (Å²) in [6.45, 7) is 2.25. The van der Waals surface area contributed by atoms with E-state index in [0.717, 1.165) is 29.7 Å². The molecule has 0 saturated carbocycles. The molecule has 0 fully saturated rings. The minimum Gasteiger partial charge on any atom is -0.363 e. The van der Waals surface area contributed by atoms with Gasteiger partial charge in [-0.2, -0.15) is 17.6 Å². The number of nitrogens with one attached hydrogen (secondary N) is 2. The zero-order valence-corrected chi connectivity index (χ0v) is 20.4. The third-order valence-electron chi connectivity index (χ3n) is 5.88. The first kappa shape index (κ1) is 26.9. The molecule has 0 spiro atoms. The van der Waals surface area contributed by atoms with Gasteiger partial charge in [-0.1, -0.05) is 49.7 Å². The van der Waals surface area contributed by atoms with Crippen molar-refractivity contribution in [3.63, 3.8) is 0 Å². The quantitative estimate of drug-likeness (QED) is 0.357. The standard InChI is InChI=1S/C26H29F4N5O/c1-4-5-21(19-10-12-20(13-11-19)26(28,29)30)35(3)25-23(27)24(33-16-34-25)32-15-18-8-6-17(7-9-18)14-22(36)31-2/h6-13,16,21H,4-5,14-15H2,1-3H3,(H,31,36)(H,32,33,34). The highest BCUT2D eigenvalue weighted by molar-refractivity contribution is 5.78. The number of benzene rings is 2. The first-order chi connectivity index (χ1) is 17.1. The molecular weight excluding hydrogens is 474 g/mol. The van der Waals surface area contributed by atoms with Crippen LogP contribution < -0.4 is 15.5 Å². The van der Waals surface area contributed by atoms with E-state index >= 15 is 4.39 Å². The van der Waals surface area contributed by atoms with Gasteiger partial charge in [-0.3, -0.25) is 4.79 Å². The SMILES string of the molecule is CCCC(c1ccc(C(F)(F)F)cc1)N(C)c1ncnc(NCc2ccc(CC(=O)NC)cc2)c1F. The van der Waals surface area contributed by atoms with E-state index in [1.807, 2.05) is 31.2 Å². The van der Waals surface area contributed by atoms with Crippen molar-refractivity contribution >= 4 is 17.5 Å². The maximum absolute atomic E-state index is 15.4. The van der Waals surface area contributed by atoms with Gasteiger partial charge in [0, 0.05) is 20.6 Å². The highest BCUT2D eigenvalue weighted by atomic mass is 19.4. The second-order valence-electron chi connectivity index (χ2n) is 8.42. The van der Waals surface area contributed by atoms with Crippen LogP contribution in [0.1, 0.15) is 48.1 Å². The third-order valence-corrected chi connectivity index (χ3v) is 5.88. The molecule has 1 unspecified atom stereocenters. The molecule has 0 aliphatic heterocycles. The van der Waals surface area contributed by atoms with Gasteiger partial charge in [0.25, 0.3) is 0 Å². The van der Waals surface area contributed by atoms with Crippen molar-refractivity contribution in [3.8, 4) is 0 Å². The van der Waals surface area contributed by atoms with Crippen molar-refractivity contribution in [2.24, 2.45) is 0 Å². The van der Waals surface area contributed by atoms with E-state index < -0.39 is 17.6 Å². The van der Waals surface area contributed by atoms with Crippen LogP contribution in [0.15, 0.2) is 54.9 Å². The molecule has 2 aromatic carbocycles. The number of halogens is 4. The summed E-state index contributed by atoms with van der Waals surface area (Å²) in [4.78, 5) is 21.3. The molecule has 3 aromatic rings. The van der Waals surface area contributed by atoms with Gasteiger partial charge in [-0.25, -0.2) is 9.97 Å². The van der Waals surface area contributed by atoms with Crippen LogP contribution >= 0.6 is 0 Å². The molecule has 2 N–H and O–H groups in total. The minimum absolute atomic E-state index is 0.0176. The molecule has 3 rings (SSSR count). The van der Waals surface area contributed by atoms with Crippen LogP contribution in [0.25, 0.3) is 0 Å². The van der Waals surface area contributed by atoms with E-state index in [-0.39, 0.29) is 30.0 Å². The van der Waals surface area contributed by atoms with Crippen molar-refractivity contribution in [3.05, 3.63) is 82.9 Å².